The fraction of sp³-hybridized carbons (Fsp3) is 0.182. The highest BCUT2D eigenvalue weighted by atomic mass is 35.5. The zero-order valence-electron chi connectivity index (χ0n) is 16.5. The third-order valence-corrected chi connectivity index (χ3v) is 6.37. The Kier molecular flexibility index (Phi) is 4.95. The van der Waals surface area contributed by atoms with Crippen molar-refractivity contribution in [3.63, 3.8) is 0 Å². The molecule has 2 aromatic carbocycles. The van der Waals surface area contributed by atoms with E-state index in [0.717, 1.165) is 27.5 Å². The van der Waals surface area contributed by atoms with Crippen molar-refractivity contribution in [3.05, 3.63) is 62.7 Å². The molecule has 0 aliphatic rings. The molecule has 30 heavy (non-hydrogen) atoms. The van der Waals surface area contributed by atoms with Crippen molar-refractivity contribution in [2.24, 2.45) is 0 Å². The number of halogens is 1. The third-order valence-electron chi connectivity index (χ3n) is 5.16. The Hall–Kier alpha value is -3.03. The number of aromatic nitrogens is 1. The van der Waals surface area contributed by atoms with Crippen LogP contribution < -0.4 is 15.6 Å². The van der Waals surface area contributed by atoms with E-state index in [1.165, 1.54) is 11.3 Å². The van der Waals surface area contributed by atoms with E-state index in [4.69, 9.17) is 21.4 Å². The average Bonchev–Trinajstić information content (AvgIpc) is 3.18. The van der Waals surface area contributed by atoms with E-state index < -0.39 is 11.6 Å². The molecule has 0 saturated carbocycles. The summed E-state index contributed by atoms with van der Waals surface area (Å²) in [5.41, 5.74) is 2.13. The van der Waals surface area contributed by atoms with Gasteiger partial charge in [0.15, 0.2) is 0 Å². The molecule has 0 fully saturated rings. The molecule has 0 aliphatic heterocycles. The molecule has 0 saturated heterocycles. The van der Waals surface area contributed by atoms with E-state index in [2.05, 4.69) is 10.3 Å². The van der Waals surface area contributed by atoms with Crippen LogP contribution in [0, 0.1) is 0 Å². The molecule has 0 bridgehead atoms. The van der Waals surface area contributed by atoms with Gasteiger partial charge in [-0.2, -0.15) is 0 Å². The summed E-state index contributed by atoms with van der Waals surface area (Å²) in [6.45, 7) is 3.60. The first-order chi connectivity index (χ1) is 14.2. The fourth-order valence-electron chi connectivity index (χ4n) is 3.71. The maximum Gasteiger partial charge on any atom is 0.405 e. The van der Waals surface area contributed by atoms with E-state index in [0.29, 0.717) is 21.0 Å². The molecule has 8 heteroatoms. The Morgan fingerprint density at radius 1 is 1.23 bits per heavy atom. The maximum absolute atomic E-state index is 12.5. The lowest BCUT2D eigenvalue weighted by molar-refractivity contribution is 0.182. The predicted octanol–water partition coefficient (Wildman–Crippen LogP) is 5.57. The lowest BCUT2D eigenvalue weighted by Crippen LogP contribution is -2.39. The summed E-state index contributed by atoms with van der Waals surface area (Å²) in [4.78, 5) is 26.5. The number of benzene rings is 2. The van der Waals surface area contributed by atoms with E-state index in [9.17, 15) is 9.59 Å². The molecule has 4 aromatic rings. The molecule has 0 radical (unpaired) electrons. The third kappa shape index (κ3) is 3.30. The van der Waals surface area contributed by atoms with Gasteiger partial charge in [-0.05, 0) is 36.4 Å². The number of thiophene rings is 1. The lowest BCUT2D eigenvalue weighted by atomic mass is 9.91. The van der Waals surface area contributed by atoms with Crippen LogP contribution in [0.15, 0.2) is 46.6 Å². The van der Waals surface area contributed by atoms with Crippen molar-refractivity contribution in [1.82, 2.24) is 10.3 Å². The van der Waals surface area contributed by atoms with E-state index in [1.54, 1.807) is 27.0 Å². The Morgan fingerprint density at radius 3 is 2.57 bits per heavy atom. The van der Waals surface area contributed by atoms with Crippen LogP contribution >= 0.6 is 22.9 Å². The van der Waals surface area contributed by atoms with Crippen LogP contribution in [0.2, 0.25) is 5.02 Å². The van der Waals surface area contributed by atoms with Crippen molar-refractivity contribution < 1.29 is 14.6 Å². The number of fused-ring (bicyclic) bond motifs is 3. The van der Waals surface area contributed by atoms with Gasteiger partial charge in [-0.25, -0.2) is 4.79 Å². The highest BCUT2D eigenvalue weighted by Gasteiger charge is 2.24. The Labute approximate surface area is 181 Å². The zero-order valence-corrected chi connectivity index (χ0v) is 18.1. The van der Waals surface area contributed by atoms with Gasteiger partial charge in [-0.3, -0.25) is 4.79 Å². The quantitative estimate of drug-likeness (QED) is 0.385. The van der Waals surface area contributed by atoms with Crippen molar-refractivity contribution in [1.29, 1.82) is 0 Å². The number of aromatic amines is 1. The molecule has 3 N–H and O–H groups in total. The maximum atomic E-state index is 12.5. The second-order valence-electron chi connectivity index (χ2n) is 7.44. The fourth-order valence-corrected chi connectivity index (χ4v) is 4.75. The monoisotopic (exact) mass is 442 g/mol. The molecular formula is C22H19ClN2O4S. The molecule has 1 amide bonds. The minimum absolute atomic E-state index is 0.178. The van der Waals surface area contributed by atoms with Gasteiger partial charge in [-0.15, -0.1) is 11.3 Å². The van der Waals surface area contributed by atoms with Gasteiger partial charge in [0, 0.05) is 22.4 Å². The summed E-state index contributed by atoms with van der Waals surface area (Å²) in [7, 11) is 1.58. The summed E-state index contributed by atoms with van der Waals surface area (Å²) in [6, 6.07) is 11.2. The molecule has 6 nitrogen and oxygen atoms in total. The van der Waals surface area contributed by atoms with Crippen LogP contribution in [0.5, 0.6) is 5.75 Å². The number of carboxylic acid groups (broad SMARTS) is 1. The van der Waals surface area contributed by atoms with Crippen molar-refractivity contribution >= 4 is 50.0 Å². The smallest absolute Gasteiger partial charge is 0.405 e. The van der Waals surface area contributed by atoms with Gasteiger partial charge < -0.3 is 20.1 Å². The van der Waals surface area contributed by atoms with Gasteiger partial charge in [0.25, 0.3) is 5.56 Å². The number of H-pyrrole nitrogens is 1. The van der Waals surface area contributed by atoms with E-state index >= 15 is 0 Å². The van der Waals surface area contributed by atoms with Crippen LogP contribution in [0.1, 0.15) is 19.4 Å². The number of hydrogen-bond acceptors (Lipinski definition) is 4. The minimum atomic E-state index is -1.08. The molecule has 0 spiro atoms. The van der Waals surface area contributed by atoms with Gasteiger partial charge in [0.2, 0.25) is 0 Å². The summed E-state index contributed by atoms with van der Waals surface area (Å²) < 4.78 is 6.25. The molecule has 0 aliphatic carbocycles. The van der Waals surface area contributed by atoms with Crippen LogP contribution in [-0.2, 0) is 5.54 Å². The average molecular weight is 443 g/mol. The van der Waals surface area contributed by atoms with Crippen LogP contribution in [0.4, 0.5) is 4.79 Å². The summed E-state index contributed by atoms with van der Waals surface area (Å²) in [6.07, 6.45) is -1.08. The molecule has 2 heterocycles. The van der Waals surface area contributed by atoms with Gasteiger partial charge in [0.1, 0.15) is 10.4 Å². The van der Waals surface area contributed by atoms with Crippen molar-refractivity contribution in [3.8, 4) is 16.9 Å². The topological polar surface area (TPSA) is 91.4 Å². The van der Waals surface area contributed by atoms with Crippen molar-refractivity contribution in [2.75, 3.05) is 7.11 Å². The Bertz CT molecular complexity index is 1340. The second kappa shape index (κ2) is 7.34. The largest absolute Gasteiger partial charge is 0.496 e. The Morgan fingerprint density at radius 2 is 1.93 bits per heavy atom. The first-order valence-corrected chi connectivity index (χ1v) is 10.4. The number of rotatable bonds is 4. The standard InChI is InChI=1S/C22H19ClN2O4S/c1-22(2,25-21(27)28)12-6-4-11(5-7-12)16-15(29-3)10-14(23)18-17(16)13-8-9-30-19(13)20(26)24-18/h4-10,25H,1-3H3,(H,24,26)(H,27,28). The molecule has 4 rings (SSSR count). The second-order valence-corrected chi connectivity index (χ2v) is 8.76. The summed E-state index contributed by atoms with van der Waals surface area (Å²) in [5.74, 6) is 0.586. The number of hydrogen-bond donors (Lipinski definition) is 3. The number of nitrogens with one attached hydrogen (secondary N) is 2. The van der Waals surface area contributed by atoms with E-state index in [-0.39, 0.29) is 5.56 Å². The van der Waals surface area contributed by atoms with E-state index in [1.807, 2.05) is 35.7 Å². The van der Waals surface area contributed by atoms with Crippen molar-refractivity contribution in [2.45, 2.75) is 19.4 Å². The first kappa shape index (κ1) is 20.3. The number of methoxy groups -OCH3 is 1. The normalized spacial score (nSPS) is 11.7. The molecular weight excluding hydrogens is 424 g/mol. The Balaban J connectivity index is 1.99. The minimum Gasteiger partial charge on any atom is -0.496 e. The van der Waals surface area contributed by atoms with Crippen LogP contribution in [-0.4, -0.2) is 23.3 Å². The first-order valence-electron chi connectivity index (χ1n) is 9.14. The predicted molar refractivity (Wildman–Crippen MR) is 121 cm³/mol. The lowest BCUT2D eigenvalue weighted by Gasteiger charge is -2.25. The number of carbonyl (C=O) groups is 1. The zero-order chi connectivity index (χ0) is 21.6. The highest BCUT2D eigenvalue weighted by Crippen LogP contribution is 2.43. The highest BCUT2D eigenvalue weighted by molar-refractivity contribution is 7.17. The summed E-state index contributed by atoms with van der Waals surface area (Å²) >= 11 is 7.83. The molecule has 154 valence electrons. The van der Waals surface area contributed by atoms with Gasteiger partial charge in [-0.1, -0.05) is 35.9 Å². The van der Waals surface area contributed by atoms with Gasteiger partial charge in [0.05, 0.1) is 23.2 Å². The SMILES string of the molecule is COc1cc(Cl)c2[nH]c(=O)c3sccc3c2c1-c1ccc(C(C)(C)NC(=O)O)cc1. The van der Waals surface area contributed by atoms with Gasteiger partial charge >= 0.3 is 6.09 Å². The molecule has 2 aromatic heterocycles. The molecule has 0 unspecified atom stereocenters. The molecule has 0 atom stereocenters. The van der Waals surface area contributed by atoms with Crippen LogP contribution in [0.25, 0.3) is 32.1 Å². The number of amides is 1. The number of pyridine rings is 1. The summed E-state index contributed by atoms with van der Waals surface area (Å²) in [5, 5.41) is 15.5. The van der Waals surface area contributed by atoms with Crippen LogP contribution in [0.3, 0.4) is 0 Å². The number of ether oxygens (including phenoxy) is 1.